The minimum Gasteiger partial charge on any atom is -0.364 e. The second-order valence-corrected chi connectivity index (χ2v) is 4.99. The van der Waals surface area contributed by atoms with Gasteiger partial charge in [0.1, 0.15) is 5.60 Å². The molecule has 1 heterocycles. The summed E-state index contributed by atoms with van der Waals surface area (Å²) in [4.78, 5) is 13.8. The third-order valence-electron chi connectivity index (χ3n) is 2.35. The van der Waals surface area contributed by atoms with Crippen LogP contribution < -0.4 is 0 Å². The van der Waals surface area contributed by atoms with Crippen LogP contribution in [0.2, 0.25) is 0 Å². The summed E-state index contributed by atoms with van der Waals surface area (Å²) in [6.07, 6.45) is 0. The number of rotatable bonds is 0. The molecule has 0 saturated carbocycles. The van der Waals surface area contributed by atoms with Crippen LogP contribution in [0, 0.1) is 0 Å². The molecule has 76 valence electrons. The van der Waals surface area contributed by atoms with E-state index in [1.54, 1.807) is 0 Å². The second-order valence-electron chi connectivity index (χ2n) is 4.99. The molecule has 0 bridgehead atoms. The molecule has 3 nitrogen and oxygen atoms in total. The number of nitrogens with zero attached hydrogens (tertiary/aromatic N) is 1. The van der Waals surface area contributed by atoms with Crippen molar-refractivity contribution in [2.45, 2.75) is 45.8 Å². The van der Waals surface area contributed by atoms with Crippen molar-refractivity contribution < 1.29 is 9.53 Å². The summed E-state index contributed by atoms with van der Waals surface area (Å²) >= 11 is 0. The fourth-order valence-electron chi connectivity index (χ4n) is 1.52. The molecule has 0 N–H and O–H groups in total. The lowest BCUT2D eigenvalue weighted by atomic mass is 9.99. The summed E-state index contributed by atoms with van der Waals surface area (Å²) in [5, 5.41) is 0. The Morgan fingerprint density at radius 1 is 1.38 bits per heavy atom. The van der Waals surface area contributed by atoms with Gasteiger partial charge in [-0.05, 0) is 34.6 Å². The van der Waals surface area contributed by atoms with Crippen molar-refractivity contribution in [2.75, 3.05) is 13.2 Å². The van der Waals surface area contributed by atoms with Crippen molar-refractivity contribution in [3.8, 4) is 0 Å². The minimum absolute atomic E-state index is 0.0891. The Labute approximate surface area is 80.1 Å². The zero-order valence-electron chi connectivity index (χ0n) is 9.18. The first-order valence-corrected chi connectivity index (χ1v) is 4.71. The number of amides is 1. The van der Waals surface area contributed by atoms with Gasteiger partial charge in [0.05, 0.1) is 6.61 Å². The molecule has 0 unspecified atom stereocenters. The topological polar surface area (TPSA) is 29.5 Å². The lowest BCUT2D eigenvalue weighted by molar-refractivity contribution is -0.172. The Balaban J connectivity index is 2.84. The number of carbonyl (C=O) groups is 1. The van der Waals surface area contributed by atoms with E-state index >= 15 is 0 Å². The average molecular weight is 185 g/mol. The van der Waals surface area contributed by atoms with Crippen molar-refractivity contribution in [3.63, 3.8) is 0 Å². The molecular formula is C10H19NO2. The molecule has 13 heavy (non-hydrogen) atoms. The Morgan fingerprint density at radius 2 is 1.92 bits per heavy atom. The van der Waals surface area contributed by atoms with Crippen molar-refractivity contribution in [2.24, 2.45) is 0 Å². The second kappa shape index (κ2) is 2.98. The molecule has 0 spiro atoms. The van der Waals surface area contributed by atoms with Crippen LogP contribution in [0.1, 0.15) is 34.6 Å². The lowest BCUT2D eigenvalue weighted by Crippen LogP contribution is -2.59. The van der Waals surface area contributed by atoms with Gasteiger partial charge >= 0.3 is 0 Å². The fraction of sp³-hybridized carbons (Fsp3) is 0.900. The van der Waals surface area contributed by atoms with Gasteiger partial charge < -0.3 is 9.64 Å². The van der Waals surface area contributed by atoms with E-state index in [9.17, 15) is 4.79 Å². The number of hydrogen-bond donors (Lipinski definition) is 0. The van der Waals surface area contributed by atoms with Gasteiger partial charge in [0.2, 0.25) is 0 Å². The largest absolute Gasteiger partial charge is 0.364 e. The first-order chi connectivity index (χ1) is 5.75. The van der Waals surface area contributed by atoms with Gasteiger partial charge in [-0.15, -0.1) is 0 Å². The Morgan fingerprint density at radius 3 is 2.31 bits per heavy atom. The summed E-state index contributed by atoms with van der Waals surface area (Å²) in [6, 6.07) is 0. The van der Waals surface area contributed by atoms with Crippen molar-refractivity contribution >= 4 is 5.91 Å². The van der Waals surface area contributed by atoms with Gasteiger partial charge in [0, 0.05) is 12.1 Å². The van der Waals surface area contributed by atoms with E-state index in [1.165, 1.54) is 0 Å². The highest BCUT2D eigenvalue weighted by Gasteiger charge is 2.40. The highest BCUT2D eigenvalue weighted by Crippen LogP contribution is 2.24. The third kappa shape index (κ3) is 2.02. The van der Waals surface area contributed by atoms with E-state index < -0.39 is 5.60 Å². The predicted octanol–water partition coefficient (Wildman–Crippen LogP) is 1.42. The quantitative estimate of drug-likeness (QED) is 0.571. The van der Waals surface area contributed by atoms with Crippen LogP contribution in [0.5, 0.6) is 0 Å². The number of carbonyl (C=O) groups excluding carboxylic acids is 1. The molecule has 1 amide bonds. The van der Waals surface area contributed by atoms with Gasteiger partial charge in [-0.3, -0.25) is 4.79 Å². The van der Waals surface area contributed by atoms with Crippen LogP contribution in [-0.2, 0) is 9.53 Å². The molecule has 1 fully saturated rings. The highest BCUT2D eigenvalue weighted by atomic mass is 16.5. The molecule has 0 aliphatic carbocycles. The van der Waals surface area contributed by atoms with E-state index in [2.05, 4.69) is 0 Å². The number of ether oxygens (including phenoxy) is 1. The van der Waals surface area contributed by atoms with Crippen LogP contribution in [0.25, 0.3) is 0 Å². The molecule has 1 saturated heterocycles. The van der Waals surface area contributed by atoms with Crippen molar-refractivity contribution in [3.05, 3.63) is 0 Å². The molecule has 1 aliphatic heterocycles. The normalized spacial score (nSPS) is 23.5. The van der Waals surface area contributed by atoms with Gasteiger partial charge in [-0.25, -0.2) is 0 Å². The first-order valence-electron chi connectivity index (χ1n) is 4.71. The maximum absolute atomic E-state index is 11.9. The number of hydrogen-bond acceptors (Lipinski definition) is 2. The summed E-state index contributed by atoms with van der Waals surface area (Å²) in [5.41, 5.74) is -0.746. The Bertz CT molecular complexity index is 215. The van der Waals surface area contributed by atoms with Gasteiger partial charge in [0.15, 0.2) is 0 Å². The summed E-state index contributed by atoms with van der Waals surface area (Å²) in [6.45, 7) is 11.1. The molecule has 0 aromatic heterocycles. The monoisotopic (exact) mass is 185 g/mol. The molecule has 0 aromatic rings. The van der Waals surface area contributed by atoms with Crippen LogP contribution in [-0.4, -0.2) is 35.1 Å². The molecule has 0 aromatic carbocycles. The number of morpholine rings is 1. The van der Waals surface area contributed by atoms with Crippen molar-refractivity contribution in [1.82, 2.24) is 4.90 Å². The smallest absolute Gasteiger partial charge is 0.254 e. The maximum Gasteiger partial charge on any atom is 0.254 e. The third-order valence-corrected chi connectivity index (χ3v) is 2.35. The van der Waals surface area contributed by atoms with Crippen molar-refractivity contribution in [1.29, 1.82) is 0 Å². The first kappa shape index (κ1) is 10.5. The zero-order chi connectivity index (χ0) is 10.3. The maximum atomic E-state index is 11.9. The summed E-state index contributed by atoms with van der Waals surface area (Å²) in [7, 11) is 0. The molecule has 0 radical (unpaired) electrons. The lowest BCUT2D eigenvalue weighted by Gasteiger charge is -2.44. The van der Waals surface area contributed by atoms with Gasteiger partial charge in [-0.2, -0.15) is 0 Å². The Kier molecular flexibility index (Phi) is 2.41. The van der Waals surface area contributed by atoms with Gasteiger partial charge in [-0.1, -0.05) is 0 Å². The van der Waals surface area contributed by atoms with Gasteiger partial charge in [0.25, 0.3) is 5.91 Å². The molecule has 1 aliphatic rings. The predicted molar refractivity (Wildman–Crippen MR) is 51.5 cm³/mol. The molecule has 3 heteroatoms. The van der Waals surface area contributed by atoms with Crippen LogP contribution in [0.3, 0.4) is 0 Å². The van der Waals surface area contributed by atoms with E-state index in [0.717, 1.165) is 0 Å². The SMILES string of the molecule is CC1(C)OCCN(C(C)(C)C)C1=O. The molecule has 1 rings (SSSR count). The Hall–Kier alpha value is -0.570. The standard InChI is InChI=1S/C10H19NO2/c1-9(2,3)11-6-7-13-10(4,5)8(11)12/h6-7H2,1-5H3. The summed E-state index contributed by atoms with van der Waals surface area (Å²) in [5.74, 6) is 0.0891. The minimum atomic E-state index is -0.647. The van der Waals surface area contributed by atoms with E-state index in [-0.39, 0.29) is 11.4 Å². The van der Waals surface area contributed by atoms with Crippen LogP contribution in [0.15, 0.2) is 0 Å². The van der Waals surface area contributed by atoms with Crippen LogP contribution >= 0.6 is 0 Å². The fourth-order valence-corrected chi connectivity index (χ4v) is 1.52. The van der Waals surface area contributed by atoms with E-state index in [4.69, 9.17) is 4.74 Å². The average Bonchev–Trinajstić information content (AvgIpc) is 1.92. The zero-order valence-corrected chi connectivity index (χ0v) is 9.18. The van der Waals surface area contributed by atoms with E-state index in [1.807, 2.05) is 39.5 Å². The summed E-state index contributed by atoms with van der Waals surface area (Å²) < 4.78 is 5.41. The van der Waals surface area contributed by atoms with Crippen LogP contribution in [0.4, 0.5) is 0 Å². The highest BCUT2D eigenvalue weighted by molar-refractivity contribution is 5.85. The molecular weight excluding hydrogens is 166 g/mol. The van der Waals surface area contributed by atoms with E-state index in [0.29, 0.717) is 13.2 Å². The molecule has 0 atom stereocenters.